The second-order valence-electron chi connectivity index (χ2n) is 5.32. The summed E-state index contributed by atoms with van der Waals surface area (Å²) in [6.45, 7) is -0.408. The summed E-state index contributed by atoms with van der Waals surface area (Å²) in [6, 6.07) is 10.9. The van der Waals surface area contributed by atoms with Gasteiger partial charge in [0, 0.05) is 0 Å². The van der Waals surface area contributed by atoms with E-state index in [9.17, 15) is 19.5 Å². The van der Waals surface area contributed by atoms with Gasteiger partial charge in [-0.1, -0.05) is 30.3 Å². The van der Waals surface area contributed by atoms with Crippen molar-refractivity contribution in [3.8, 4) is 5.75 Å². The zero-order valence-corrected chi connectivity index (χ0v) is 13.7. The van der Waals surface area contributed by atoms with Crippen molar-refractivity contribution < 1.29 is 19.8 Å². The van der Waals surface area contributed by atoms with E-state index < -0.39 is 35.3 Å². The van der Waals surface area contributed by atoms with E-state index in [0.717, 1.165) is 5.56 Å². The maximum atomic E-state index is 12.8. The van der Waals surface area contributed by atoms with Crippen LogP contribution in [0.2, 0.25) is 0 Å². The lowest BCUT2D eigenvalue weighted by molar-refractivity contribution is -0.135. The van der Waals surface area contributed by atoms with E-state index in [4.69, 9.17) is 5.11 Å². The molecule has 7 nitrogen and oxygen atoms in total. The molecule has 3 N–H and O–H groups in total. The Labute approximate surface area is 145 Å². The molecule has 0 aliphatic carbocycles. The maximum absolute atomic E-state index is 12.8. The first-order chi connectivity index (χ1) is 12.0. The summed E-state index contributed by atoms with van der Waals surface area (Å²) in [4.78, 5) is 36.2. The van der Waals surface area contributed by atoms with E-state index in [1.54, 1.807) is 11.4 Å². The molecule has 1 aromatic carbocycles. The molecule has 0 atom stereocenters. The van der Waals surface area contributed by atoms with Crippen LogP contribution >= 0.6 is 11.3 Å². The van der Waals surface area contributed by atoms with Crippen LogP contribution in [-0.4, -0.2) is 33.2 Å². The fourth-order valence-corrected chi connectivity index (χ4v) is 3.41. The van der Waals surface area contributed by atoms with Crippen molar-refractivity contribution in [3.63, 3.8) is 0 Å². The molecule has 8 heteroatoms. The summed E-state index contributed by atoms with van der Waals surface area (Å²) < 4.78 is 1.41. The fourth-order valence-electron chi connectivity index (χ4n) is 2.51. The van der Waals surface area contributed by atoms with Crippen molar-refractivity contribution >= 4 is 33.4 Å². The highest BCUT2D eigenvalue weighted by molar-refractivity contribution is 7.16. The van der Waals surface area contributed by atoms with E-state index >= 15 is 0 Å². The second-order valence-corrected chi connectivity index (χ2v) is 6.21. The van der Waals surface area contributed by atoms with Gasteiger partial charge in [-0.2, -0.15) is 0 Å². The van der Waals surface area contributed by atoms with Gasteiger partial charge >= 0.3 is 5.97 Å². The van der Waals surface area contributed by atoms with Gasteiger partial charge in [-0.3, -0.25) is 19.0 Å². The van der Waals surface area contributed by atoms with Crippen molar-refractivity contribution in [1.29, 1.82) is 0 Å². The summed E-state index contributed by atoms with van der Waals surface area (Å²) in [6.07, 6.45) is 0. The van der Waals surface area contributed by atoms with Crippen LogP contribution < -0.4 is 10.9 Å². The van der Waals surface area contributed by atoms with Gasteiger partial charge in [-0.05, 0) is 17.0 Å². The minimum absolute atomic E-state index is 0.232. The van der Waals surface area contributed by atoms with E-state index in [2.05, 4.69) is 5.32 Å². The van der Waals surface area contributed by atoms with Crippen molar-refractivity contribution in [2.75, 3.05) is 6.54 Å². The monoisotopic (exact) mass is 358 g/mol. The van der Waals surface area contributed by atoms with Gasteiger partial charge in [0.05, 0.1) is 11.9 Å². The number of amides is 1. The number of carboxylic acids is 1. The highest BCUT2D eigenvalue weighted by Gasteiger charge is 2.23. The molecule has 128 valence electrons. The minimum atomic E-state index is -1.24. The smallest absolute Gasteiger partial charge is 0.322 e. The van der Waals surface area contributed by atoms with Gasteiger partial charge in [0.2, 0.25) is 0 Å². The average molecular weight is 358 g/mol. The van der Waals surface area contributed by atoms with Crippen molar-refractivity contribution in [3.05, 3.63) is 63.3 Å². The van der Waals surface area contributed by atoms with Crippen LogP contribution in [0.15, 0.2) is 46.6 Å². The Bertz CT molecular complexity index is 1010. The van der Waals surface area contributed by atoms with Crippen LogP contribution in [0.5, 0.6) is 5.75 Å². The van der Waals surface area contributed by atoms with Crippen LogP contribution in [0.4, 0.5) is 0 Å². The number of aromatic nitrogens is 1. The number of hydrogen-bond donors (Lipinski definition) is 3. The summed E-state index contributed by atoms with van der Waals surface area (Å²) in [7, 11) is 0. The zero-order chi connectivity index (χ0) is 18.0. The Morgan fingerprint density at radius 3 is 2.56 bits per heavy atom. The summed E-state index contributed by atoms with van der Waals surface area (Å²) >= 11 is 1.28. The number of hydrogen-bond acceptors (Lipinski definition) is 5. The van der Waals surface area contributed by atoms with E-state index in [-0.39, 0.29) is 6.54 Å². The molecule has 0 bridgehead atoms. The van der Waals surface area contributed by atoms with Gasteiger partial charge in [-0.25, -0.2) is 0 Å². The predicted molar refractivity (Wildman–Crippen MR) is 93.3 cm³/mol. The third kappa shape index (κ3) is 3.24. The third-order valence-electron chi connectivity index (χ3n) is 3.65. The van der Waals surface area contributed by atoms with E-state index in [1.807, 2.05) is 30.3 Å². The molecule has 0 saturated heterocycles. The van der Waals surface area contributed by atoms with Crippen LogP contribution in [0.1, 0.15) is 15.9 Å². The summed E-state index contributed by atoms with van der Waals surface area (Å²) in [5.41, 5.74) is -0.260. The van der Waals surface area contributed by atoms with Gasteiger partial charge in [0.15, 0.2) is 0 Å². The Morgan fingerprint density at radius 1 is 1.16 bits per heavy atom. The van der Waals surface area contributed by atoms with Gasteiger partial charge < -0.3 is 15.5 Å². The largest absolute Gasteiger partial charge is 0.506 e. The zero-order valence-electron chi connectivity index (χ0n) is 12.9. The number of nitrogens with one attached hydrogen (secondary N) is 1. The third-order valence-corrected chi connectivity index (χ3v) is 4.59. The molecule has 0 radical (unpaired) electrons. The van der Waals surface area contributed by atoms with Crippen molar-refractivity contribution in [2.24, 2.45) is 0 Å². The summed E-state index contributed by atoms with van der Waals surface area (Å²) in [5.74, 6) is -2.60. The molecule has 3 aromatic rings. The van der Waals surface area contributed by atoms with Crippen LogP contribution in [0, 0.1) is 0 Å². The number of carboxylic acid groups (broad SMARTS) is 1. The highest BCUT2D eigenvalue weighted by Crippen LogP contribution is 2.30. The number of pyridine rings is 1. The molecule has 0 aliphatic rings. The maximum Gasteiger partial charge on any atom is 0.322 e. The predicted octanol–water partition coefficient (Wildman–Crippen LogP) is 1.63. The molecule has 1 amide bonds. The number of aromatic hydroxyl groups is 1. The number of fused-ring (bicyclic) bond motifs is 1. The Balaban J connectivity index is 2.13. The van der Waals surface area contributed by atoms with Gasteiger partial charge in [-0.15, -0.1) is 11.3 Å². The van der Waals surface area contributed by atoms with Gasteiger partial charge in [0.1, 0.15) is 22.7 Å². The standard InChI is InChI=1S/C17H14N2O5S/c20-12(21)8-18-15(23)13-14(22)11-6-7-25-17(11)19(16(13)24)9-10-4-2-1-3-5-10/h1-7,22H,8-9H2,(H,18,23)(H,20,21). The molecule has 0 aliphatic heterocycles. The lowest BCUT2D eigenvalue weighted by Gasteiger charge is -2.12. The molecule has 0 fully saturated rings. The topological polar surface area (TPSA) is 109 Å². The average Bonchev–Trinajstić information content (AvgIpc) is 3.08. The lowest BCUT2D eigenvalue weighted by Crippen LogP contribution is -2.35. The first-order valence-corrected chi connectivity index (χ1v) is 8.24. The van der Waals surface area contributed by atoms with Crippen LogP contribution in [-0.2, 0) is 11.3 Å². The lowest BCUT2D eigenvalue weighted by atomic mass is 10.1. The highest BCUT2D eigenvalue weighted by atomic mass is 32.1. The number of thiophene rings is 1. The second kappa shape index (κ2) is 6.78. The quantitative estimate of drug-likeness (QED) is 0.642. The van der Waals surface area contributed by atoms with E-state index in [0.29, 0.717) is 10.2 Å². The molecule has 0 spiro atoms. The number of aliphatic carboxylic acids is 1. The summed E-state index contributed by atoms with van der Waals surface area (Å²) in [5, 5.41) is 23.2. The molecular weight excluding hydrogens is 344 g/mol. The number of nitrogens with zero attached hydrogens (tertiary/aromatic N) is 1. The minimum Gasteiger partial charge on any atom is -0.506 e. The number of rotatable bonds is 5. The van der Waals surface area contributed by atoms with Crippen LogP contribution in [0.25, 0.3) is 10.2 Å². The first kappa shape index (κ1) is 16.7. The molecule has 2 heterocycles. The normalized spacial score (nSPS) is 10.7. The molecular formula is C17H14N2O5S. The fraction of sp³-hybridized carbons (Fsp3) is 0.118. The number of carbonyl (C=O) groups excluding carboxylic acids is 1. The molecule has 0 saturated carbocycles. The molecule has 25 heavy (non-hydrogen) atoms. The first-order valence-electron chi connectivity index (χ1n) is 7.36. The Morgan fingerprint density at radius 2 is 1.88 bits per heavy atom. The molecule has 3 rings (SSSR count). The van der Waals surface area contributed by atoms with Crippen LogP contribution in [0.3, 0.4) is 0 Å². The van der Waals surface area contributed by atoms with Gasteiger partial charge in [0.25, 0.3) is 11.5 Å². The van der Waals surface area contributed by atoms with Crippen molar-refractivity contribution in [2.45, 2.75) is 6.54 Å². The Hall–Kier alpha value is -3.13. The number of carbonyl (C=O) groups is 2. The Kier molecular flexibility index (Phi) is 4.53. The van der Waals surface area contributed by atoms with E-state index in [1.165, 1.54) is 15.9 Å². The number of benzene rings is 1. The van der Waals surface area contributed by atoms with Crippen molar-refractivity contribution in [1.82, 2.24) is 9.88 Å². The molecule has 0 unspecified atom stereocenters. The molecule has 2 aromatic heterocycles. The SMILES string of the molecule is O=C(O)CNC(=O)c1c(O)c2ccsc2n(Cc2ccccc2)c1=O.